The molecule has 7 nitrogen and oxygen atoms in total. The van der Waals surface area contributed by atoms with Gasteiger partial charge < -0.3 is 9.84 Å². The number of fused-ring (bicyclic) bond motifs is 1. The molecule has 0 saturated heterocycles. The summed E-state index contributed by atoms with van der Waals surface area (Å²) in [4.78, 5) is 17.8. The minimum Gasteiger partial charge on any atom is -0.335 e. The third-order valence-electron chi connectivity index (χ3n) is 4.83. The second-order valence-electron chi connectivity index (χ2n) is 6.97. The first-order valence-corrected chi connectivity index (χ1v) is 9.51. The Morgan fingerprint density at radius 3 is 2.52 bits per heavy atom. The molecule has 0 radical (unpaired) electrons. The summed E-state index contributed by atoms with van der Waals surface area (Å²) >= 11 is 0. The molecule has 1 amide bonds. The highest BCUT2D eigenvalue weighted by molar-refractivity contribution is 6.15. The van der Waals surface area contributed by atoms with Crippen molar-refractivity contribution in [1.29, 1.82) is 0 Å². The fourth-order valence-electron chi connectivity index (χ4n) is 3.36. The number of nitrogens with one attached hydrogen (secondary N) is 1. The summed E-state index contributed by atoms with van der Waals surface area (Å²) < 4.78 is 20.5. The first-order valence-electron chi connectivity index (χ1n) is 9.51. The monoisotopic (exact) mass is 413 g/mol. The summed E-state index contributed by atoms with van der Waals surface area (Å²) in [7, 11) is 1.76. The van der Waals surface area contributed by atoms with Crippen LogP contribution in [0.1, 0.15) is 10.4 Å². The molecule has 0 aliphatic carbocycles. The van der Waals surface area contributed by atoms with Crippen molar-refractivity contribution in [2.75, 3.05) is 5.32 Å². The molecule has 0 saturated carbocycles. The number of hydrogen-bond acceptors (Lipinski definition) is 5. The molecular formula is C23H16FN5O2. The lowest BCUT2D eigenvalue weighted by molar-refractivity contribution is 0.102. The van der Waals surface area contributed by atoms with Crippen molar-refractivity contribution < 1.29 is 13.7 Å². The minimum atomic E-state index is -0.380. The van der Waals surface area contributed by atoms with Crippen LogP contribution in [0.4, 0.5) is 10.2 Å². The molecule has 3 heterocycles. The van der Waals surface area contributed by atoms with E-state index in [0.29, 0.717) is 33.7 Å². The second kappa shape index (κ2) is 7.49. The highest BCUT2D eigenvalue weighted by Gasteiger charge is 2.22. The highest BCUT2D eigenvalue weighted by atomic mass is 19.1. The van der Waals surface area contributed by atoms with Crippen LogP contribution in [0.5, 0.6) is 0 Å². The van der Waals surface area contributed by atoms with Crippen molar-refractivity contribution >= 4 is 22.8 Å². The average Bonchev–Trinajstić information content (AvgIpc) is 3.40. The van der Waals surface area contributed by atoms with Gasteiger partial charge in [-0.3, -0.25) is 9.48 Å². The van der Waals surface area contributed by atoms with Crippen LogP contribution in [0, 0.1) is 5.82 Å². The molecule has 0 aliphatic heterocycles. The predicted octanol–water partition coefficient (Wildman–Crippen LogP) is 4.68. The molecule has 0 aliphatic rings. The number of rotatable bonds is 4. The van der Waals surface area contributed by atoms with Gasteiger partial charge in [-0.15, -0.1) is 0 Å². The number of aromatic nitrogens is 4. The van der Waals surface area contributed by atoms with Crippen LogP contribution in [0.2, 0.25) is 0 Å². The van der Waals surface area contributed by atoms with E-state index < -0.39 is 0 Å². The SMILES string of the molecule is Cn1ccc(NC(=O)c2cc(-c3ccccc3)nc3onc(-c4ccc(F)cc4)c23)n1. The number of pyridine rings is 1. The van der Waals surface area contributed by atoms with Crippen LogP contribution in [-0.2, 0) is 7.05 Å². The predicted molar refractivity (Wildman–Crippen MR) is 114 cm³/mol. The molecule has 2 aromatic carbocycles. The first-order chi connectivity index (χ1) is 15.1. The lowest BCUT2D eigenvalue weighted by atomic mass is 10.0. The average molecular weight is 413 g/mol. The van der Waals surface area contributed by atoms with Gasteiger partial charge in [-0.25, -0.2) is 9.37 Å². The van der Waals surface area contributed by atoms with Crippen molar-refractivity contribution in [3.63, 3.8) is 0 Å². The van der Waals surface area contributed by atoms with Gasteiger partial charge in [-0.05, 0) is 30.3 Å². The van der Waals surface area contributed by atoms with Gasteiger partial charge in [-0.2, -0.15) is 5.10 Å². The number of nitrogens with zero attached hydrogens (tertiary/aromatic N) is 4. The topological polar surface area (TPSA) is 85.8 Å². The van der Waals surface area contributed by atoms with Gasteiger partial charge in [0.1, 0.15) is 11.5 Å². The molecule has 152 valence electrons. The van der Waals surface area contributed by atoms with Crippen LogP contribution in [0.15, 0.2) is 77.4 Å². The molecule has 0 fully saturated rings. The molecule has 0 atom stereocenters. The quantitative estimate of drug-likeness (QED) is 0.462. The van der Waals surface area contributed by atoms with Gasteiger partial charge in [-0.1, -0.05) is 35.5 Å². The molecule has 3 aromatic heterocycles. The van der Waals surface area contributed by atoms with Crippen LogP contribution >= 0.6 is 0 Å². The number of carbonyl (C=O) groups excluding carboxylic acids is 1. The number of amides is 1. The lowest BCUT2D eigenvalue weighted by Gasteiger charge is -2.08. The van der Waals surface area contributed by atoms with Gasteiger partial charge >= 0.3 is 0 Å². The zero-order chi connectivity index (χ0) is 21.4. The van der Waals surface area contributed by atoms with Gasteiger partial charge in [0.25, 0.3) is 11.6 Å². The summed E-state index contributed by atoms with van der Waals surface area (Å²) in [6.45, 7) is 0. The number of anilines is 1. The normalized spacial score (nSPS) is 11.0. The molecule has 0 spiro atoms. The number of carbonyl (C=O) groups is 1. The van der Waals surface area contributed by atoms with Crippen molar-refractivity contribution in [3.8, 4) is 22.5 Å². The maximum absolute atomic E-state index is 13.4. The van der Waals surface area contributed by atoms with E-state index in [2.05, 4.69) is 20.6 Å². The van der Waals surface area contributed by atoms with E-state index in [1.54, 1.807) is 42.2 Å². The molecule has 5 aromatic rings. The van der Waals surface area contributed by atoms with Crippen LogP contribution in [0.25, 0.3) is 33.6 Å². The third kappa shape index (κ3) is 3.55. The Morgan fingerprint density at radius 1 is 1.03 bits per heavy atom. The number of benzene rings is 2. The standard InChI is InChI=1S/C23H16FN5O2/c1-29-12-11-19(27-29)26-22(30)17-13-18(14-5-3-2-4-6-14)25-23-20(17)21(28-31-23)15-7-9-16(24)10-8-15/h2-13H,1H3,(H,26,27,30). The molecule has 5 rings (SSSR count). The second-order valence-corrected chi connectivity index (χ2v) is 6.97. The smallest absolute Gasteiger partial charge is 0.259 e. The van der Waals surface area contributed by atoms with Gasteiger partial charge in [0.15, 0.2) is 5.82 Å². The van der Waals surface area contributed by atoms with E-state index in [0.717, 1.165) is 5.56 Å². The zero-order valence-corrected chi connectivity index (χ0v) is 16.4. The van der Waals surface area contributed by atoms with Gasteiger partial charge in [0.2, 0.25) is 0 Å². The molecule has 31 heavy (non-hydrogen) atoms. The lowest BCUT2D eigenvalue weighted by Crippen LogP contribution is -2.13. The molecule has 0 unspecified atom stereocenters. The maximum Gasteiger partial charge on any atom is 0.259 e. The van der Waals surface area contributed by atoms with Crippen molar-refractivity contribution in [1.82, 2.24) is 19.9 Å². The van der Waals surface area contributed by atoms with Gasteiger partial charge in [0.05, 0.1) is 16.6 Å². The Hall–Kier alpha value is -4.33. The van der Waals surface area contributed by atoms with Crippen LogP contribution in [-0.4, -0.2) is 25.8 Å². The summed E-state index contributed by atoms with van der Waals surface area (Å²) in [5.74, 6) is -0.331. The van der Waals surface area contributed by atoms with Crippen molar-refractivity contribution in [3.05, 3.63) is 84.3 Å². The Morgan fingerprint density at radius 2 is 1.81 bits per heavy atom. The van der Waals surface area contributed by atoms with Crippen LogP contribution < -0.4 is 5.32 Å². The van der Waals surface area contributed by atoms with E-state index >= 15 is 0 Å². The van der Waals surface area contributed by atoms with Crippen molar-refractivity contribution in [2.24, 2.45) is 7.05 Å². The highest BCUT2D eigenvalue weighted by Crippen LogP contribution is 2.33. The Bertz CT molecular complexity index is 1390. The zero-order valence-electron chi connectivity index (χ0n) is 16.4. The Kier molecular flexibility index (Phi) is 4.51. The fraction of sp³-hybridized carbons (Fsp3) is 0.0435. The summed E-state index contributed by atoms with van der Waals surface area (Å²) in [6, 6.07) is 18.7. The molecule has 8 heteroatoms. The van der Waals surface area contributed by atoms with Gasteiger partial charge in [0, 0.05) is 30.4 Å². The summed E-state index contributed by atoms with van der Waals surface area (Å²) in [6.07, 6.45) is 1.73. The van der Waals surface area contributed by atoms with E-state index in [9.17, 15) is 9.18 Å². The van der Waals surface area contributed by atoms with E-state index in [1.807, 2.05) is 30.3 Å². The third-order valence-corrected chi connectivity index (χ3v) is 4.83. The Labute approximate surface area is 176 Å². The summed E-state index contributed by atoms with van der Waals surface area (Å²) in [5.41, 5.74) is 2.97. The Balaban J connectivity index is 1.69. The van der Waals surface area contributed by atoms with E-state index in [1.165, 1.54) is 12.1 Å². The van der Waals surface area contributed by atoms with Crippen molar-refractivity contribution in [2.45, 2.75) is 0 Å². The number of halogens is 1. The molecular weight excluding hydrogens is 397 g/mol. The van der Waals surface area contributed by atoms with E-state index in [4.69, 9.17) is 4.52 Å². The molecule has 1 N–H and O–H groups in total. The summed E-state index contributed by atoms with van der Waals surface area (Å²) in [5, 5.41) is 11.6. The first kappa shape index (κ1) is 18.7. The van der Waals surface area contributed by atoms with E-state index in [-0.39, 0.29) is 17.4 Å². The number of hydrogen-bond donors (Lipinski definition) is 1. The fourth-order valence-corrected chi connectivity index (χ4v) is 3.36. The minimum absolute atomic E-state index is 0.215. The van der Waals surface area contributed by atoms with Crippen LogP contribution in [0.3, 0.4) is 0 Å². The maximum atomic E-state index is 13.4. The number of aryl methyl sites for hydroxylation is 1. The largest absolute Gasteiger partial charge is 0.335 e. The molecule has 0 bridgehead atoms.